The molecule has 0 saturated carbocycles. The van der Waals surface area contributed by atoms with Gasteiger partial charge in [-0.1, -0.05) is 0 Å². The van der Waals surface area contributed by atoms with Crippen molar-refractivity contribution in [1.29, 1.82) is 0 Å². The molecule has 0 atom stereocenters. The normalized spacial score (nSPS) is 23.6. The van der Waals surface area contributed by atoms with E-state index in [0.29, 0.717) is 0 Å². The van der Waals surface area contributed by atoms with Crippen LogP contribution in [0.2, 0.25) is 0 Å². The summed E-state index contributed by atoms with van der Waals surface area (Å²) in [5, 5.41) is 1.88. The van der Waals surface area contributed by atoms with Crippen molar-refractivity contribution in [3.05, 3.63) is 6.92 Å². The van der Waals surface area contributed by atoms with Gasteiger partial charge in [-0.15, -0.1) is 0 Å². The zero-order chi connectivity index (χ0) is 5.11. The van der Waals surface area contributed by atoms with Crippen LogP contribution in [0.15, 0.2) is 0 Å². The molecule has 1 rings (SSSR count). The smallest absolute Gasteiger partial charge is 0.0698 e. The van der Waals surface area contributed by atoms with E-state index in [0.717, 1.165) is 26.1 Å². The highest BCUT2D eigenvalue weighted by Gasteiger charge is 2.07. The van der Waals surface area contributed by atoms with E-state index in [9.17, 15) is 0 Å². The summed E-state index contributed by atoms with van der Waals surface area (Å²) in [6.07, 6.45) is 1.16. The molecule has 1 saturated heterocycles. The highest BCUT2D eigenvalue weighted by molar-refractivity contribution is 4.52. The molecule has 0 aromatic heterocycles. The van der Waals surface area contributed by atoms with E-state index in [4.69, 9.17) is 4.84 Å². The second kappa shape index (κ2) is 2.28. The van der Waals surface area contributed by atoms with Crippen LogP contribution in [0.25, 0.3) is 0 Å². The van der Waals surface area contributed by atoms with E-state index < -0.39 is 0 Å². The first-order valence-corrected chi connectivity index (χ1v) is 2.60. The predicted octanol–water partition coefficient (Wildman–Crippen LogP) is 0.458. The number of hydroxylamine groups is 2. The first-order chi connectivity index (χ1) is 3.43. The van der Waals surface area contributed by atoms with Crippen molar-refractivity contribution in [2.24, 2.45) is 0 Å². The van der Waals surface area contributed by atoms with E-state index in [-0.39, 0.29) is 0 Å². The topological polar surface area (TPSA) is 12.5 Å². The van der Waals surface area contributed by atoms with E-state index in [2.05, 4.69) is 6.92 Å². The van der Waals surface area contributed by atoms with Gasteiger partial charge in [-0.25, -0.2) is 0 Å². The van der Waals surface area contributed by atoms with Gasteiger partial charge in [-0.05, 0) is 13.3 Å². The highest BCUT2D eigenvalue weighted by atomic mass is 16.7. The molecule has 0 aromatic rings. The summed E-state index contributed by atoms with van der Waals surface area (Å²) in [7, 11) is 0. The molecule has 0 N–H and O–H groups in total. The molecule has 1 aliphatic rings. The molecule has 0 bridgehead atoms. The summed E-state index contributed by atoms with van der Waals surface area (Å²) in [6.45, 7) is 6.39. The predicted molar refractivity (Wildman–Crippen MR) is 27.5 cm³/mol. The molecule has 1 heterocycles. The van der Waals surface area contributed by atoms with Crippen LogP contribution in [0.3, 0.4) is 0 Å². The summed E-state index contributed by atoms with van der Waals surface area (Å²) in [5.74, 6) is 0. The van der Waals surface area contributed by atoms with Crippen molar-refractivity contribution in [3.63, 3.8) is 0 Å². The molecule has 0 spiro atoms. The third-order valence-corrected chi connectivity index (χ3v) is 1.08. The Bertz CT molecular complexity index is 50.0. The van der Waals surface area contributed by atoms with Gasteiger partial charge < -0.3 is 0 Å². The molecule has 7 heavy (non-hydrogen) atoms. The molecule has 1 fully saturated rings. The van der Waals surface area contributed by atoms with E-state index in [1.54, 1.807) is 0 Å². The second-order valence-corrected chi connectivity index (χ2v) is 1.62. The highest BCUT2D eigenvalue weighted by Crippen LogP contribution is 2.00. The van der Waals surface area contributed by atoms with Crippen LogP contribution in [0.1, 0.15) is 6.42 Å². The average Bonchev–Trinajstić information content (AvgIpc) is 2.14. The lowest BCUT2D eigenvalue weighted by molar-refractivity contribution is -0.101. The van der Waals surface area contributed by atoms with Gasteiger partial charge >= 0.3 is 0 Å². The monoisotopic (exact) mass is 100 g/mol. The Hall–Kier alpha value is -0.0800. The van der Waals surface area contributed by atoms with Crippen molar-refractivity contribution in [2.45, 2.75) is 6.42 Å². The fraction of sp³-hybridized carbons (Fsp3) is 0.800. The van der Waals surface area contributed by atoms with Crippen molar-refractivity contribution in [3.8, 4) is 0 Å². The molecule has 0 aromatic carbocycles. The number of nitrogens with zero attached hydrogens (tertiary/aromatic N) is 1. The molecule has 0 amide bonds. The van der Waals surface area contributed by atoms with Gasteiger partial charge in [0.1, 0.15) is 0 Å². The minimum atomic E-state index is 0.778. The summed E-state index contributed by atoms with van der Waals surface area (Å²) < 4.78 is 0. The Balaban J connectivity index is 2.14. The summed E-state index contributed by atoms with van der Waals surface area (Å²) >= 11 is 0. The van der Waals surface area contributed by atoms with Crippen LogP contribution in [0.4, 0.5) is 0 Å². The van der Waals surface area contributed by atoms with Gasteiger partial charge in [0, 0.05) is 13.1 Å². The lowest BCUT2D eigenvalue weighted by Crippen LogP contribution is -2.16. The van der Waals surface area contributed by atoms with Gasteiger partial charge in [0.25, 0.3) is 0 Å². The third kappa shape index (κ3) is 1.14. The van der Waals surface area contributed by atoms with Crippen molar-refractivity contribution in [2.75, 3.05) is 19.7 Å². The van der Waals surface area contributed by atoms with Crippen molar-refractivity contribution < 1.29 is 4.84 Å². The second-order valence-electron chi connectivity index (χ2n) is 1.62. The first kappa shape index (κ1) is 5.06. The van der Waals surface area contributed by atoms with Crippen LogP contribution >= 0.6 is 0 Å². The van der Waals surface area contributed by atoms with E-state index in [1.807, 2.05) is 5.06 Å². The molecule has 2 nitrogen and oxygen atoms in total. The summed E-state index contributed by atoms with van der Waals surface area (Å²) in [4.78, 5) is 5.07. The molecular formula is C5H10NO. The standard InChI is InChI=1S/C5H10NO/c1-2-6-4-3-5-7-6/h1-5H2. The van der Waals surface area contributed by atoms with Crippen LogP contribution in [0.5, 0.6) is 0 Å². The fourth-order valence-corrected chi connectivity index (χ4v) is 0.675. The van der Waals surface area contributed by atoms with Gasteiger partial charge in [-0.2, -0.15) is 5.06 Å². The maximum Gasteiger partial charge on any atom is 0.0698 e. The van der Waals surface area contributed by atoms with Gasteiger partial charge in [-0.3, -0.25) is 4.84 Å². The molecular weight excluding hydrogens is 90.1 g/mol. The third-order valence-electron chi connectivity index (χ3n) is 1.08. The van der Waals surface area contributed by atoms with E-state index >= 15 is 0 Å². The van der Waals surface area contributed by atoms with Gasteiger partial charge in [0.15, 0.2) is 0 Å². The molecule has 0 aliphatic carbocycles. The molecule has 0 unspecified atom stereocenters. The minimum absolute atomic E-state index is 0.778. The fourth-order valence-electron chi connectivity index (χ4n) is 0.675. The van der Waals surface area contributed by atoms with Gasteiger partial charge in [0.05, 0.1) is 6.61 Å². The van der Waals surface area contributed by atoms with Crippen LogP contribution < -0.4 is 0 Å². The van der Waals surface area contributed by atoms with Gasteiger partial charge in [0.2, 0.25) is 0 Å². The number of hydrogen-bond acceptors (Lipinski definition) is 2. The van der Waals surface area contributed by atoms with Crippen molar-refractivity contribution >= 4 is 0 Å². The lowest BCUT2D eigenvalue weighted by atomic mass is 10.5. The maximum absolute atomic E-state index is 5.07. The molecule has 1 radical (unpaired) electrons. The Morgan fingerprint density at radius 1 is 1.71 bits per heavy atom. The summed E-state index contributed by atoms with van der Waals surface area (Å²) in [5.41, 5.74) is 0. The quantitative estimate of drug-likeness (QED) is 0.474. The minimum Gasteiger partial charge on any atom is -0.299 e. The van der Waals surface area contributed by atoms with Crippen LogP contribution in [-0.2, 0) is 4.84 Å². The molecule has 1 aliphatic heterocycles. The number of hydrogen-bond donors (Lipinski definition) is 0. The Morgan fingerprint density at radius 2 is 2.57 bits per heavy atom. The van der Waals surface area contributed by atoms with Crippen molar-refractivity contribution in [1.82, 2.24) is 5.06 Å². The van der Waals surface area contributed by atoms with E-state index in [1.165, 1.54) is 0 Å². The average molecular weight is 100 g/mol. The first-order valence-electron chi connectivity index (χ1n) is 2.60. The molecule has 41 valence electrons. The summed E-state index contributed by atoms with van der Waals surface area (Å²) in [6, 6.07) is 0. The largest absolute Gasteiger partial charge is 0.299 e. The maximum atomic E-state index is 5.07. The Labute approximate surface area is 44.0 Å². The molecule has 2 heteroatoms. The zero-order valence-corrected chi connectivity index (χ0v) is 4.39. The number of rotatable bonds is 1. The zero-order valence-electron chi connectivity index (χ0n) is 4.39. The SMILES string of the molecule is [CH2]CN1CCCO1. The Morgan fingerprint density at radius 3 is 2.86 bits per heavy atom. The van der Waals surface area contributed by atoms with Crippen LogP contribution in [0, 0.1) is 6.92 Å². The van der Waals surface area contributed by atoms with Crippen LogP contribution in [-0.4, -0.2) is 24.8 Å². The Kier molecular flexibility index (Phi) is 1.65. The lowest BCUT2D eigenvalue weighted by Gasteiger charge is -2.07.